The molecule has 1 nitrogen and oxygen atoms in total. The summed E-state index contributed by atoms with van der Waals surface area (Å²) in [5, 5.41) is -0.245. The maximum Gasteiger partial charge on any atom is 0.199 e. The number of rotatable bonds is 1. The van der Waals surface area contributed by atoms with Crippen molar-refractivity contribution in [3.05, 3.63) is 35.5 Å². The van der Waals surface area contributed by atoms with Crippen LogP contribution in [-0.4, -0.2) is 4.57 Å². The summed E-state index contributed by atoms with van der Waals surface area (Å²) in [5.41, 5.74) is -0.244. The number of aromatic nitrogens is 1. The van der Waals surface area contributed by atoms with E-state index in [0.29, 0.717) is 0 Å². The zero-order valence-electron chi connectivity index (χ0n) is 9.10. The molecule has 1 aromatic carbocycles. The molecule has 0 fully saturated rings. The van der Waals surface area contributed by atoms with Gasteiger partial charge in [-0.05, 0) is 19.9 Å². The highest BCUT2D eigenvalue weighted by Gasteiger charge is 2.23. The Kier molecular flexibility index (Phi) is 4.06. The van der Waals surface area contributed by atoms with Crippen LogP contribution in [0.1, 0.15) is 19.9 Å². The first-order valence-corrected chi connectivity index (χ1v) is 4.77. The number of nitrogens with zero attached hydrogens (tertiary/aromatic N) is 1. The topological polar surface area (TPSA) is 4.93 Å². The molecule has 0 aliphatic carbocycles. The Morgan fingerprint density at radius 3 is 2.00 bits per heavy atom. The Hall–Kier alpha value is -0.790. The van der Waals surface area contributed by atoms with Gasteiger partial charge < -0.3 is 4.57 Å². The van der Waals surface area contributed by atoms with Gasteiger partial charge in [0, 0.05) is 17.6 Å². The molecule has 0 saturated heterocycles. The molecule has 0 unspecified atom stereocenters. The second kappa shape index (κ2) is 4.83. The summed E-state index contributed by atoms with van der Waals surface area (Å²) in [6.45, 7) is 3.47. The molecule has 0 saturated carbocycles. The molecule has 0 aliphatic heterocycles. The van der Waals surface area contributed by atoms with Crippen molar-refractivity contribution >= 4 is 34.9 Å². The summed E-state index contributed by atoms with van der Waals surface area (Å²) in [6.07, 6.45) is 1.40. The van der Waals surface area contributed by atoms with Gasteiger partial charge in [0.2, 0.25) is 0 Å². The molecule has 0 spiro atoms. The van der Waals surface area contributed by atoms with Crippen LogP contribution >= 0.6 is 24.0 Å². The van der Waals surface area contributed by atoms with E-state index < -0.39 is 23.3 Å². The van der Waals surface area contributed by atoms with Crippen molar-refractivity contribution in [1.29, 1.82) is 0 Å². The molecule has 0 radical (unpaired) electrons. The van der Waals surface area contributed by atoms with Crippen molar-refractivity contribution in [2.45, 2.75) is 19.9 Å². The van der Waals surface area contributed by atoms with Crippen LogP contribution in [-0.2, 0) is 0 Å². The smallest absolute Gasteiger partial charge is 0.199 e. The van der Waals surface area contributed by atoms with E-state index in [0.717, 1.165) is 0 Å². The van der Waals surface area contributed by atoms with Crippen molar-refractivity contribution < 1.29 is 17.6 Å². The van der Waals surface area contributed by atoms with Crippen LogP contribution in [0.3, 0.4) is 0 Å². The molecule has 0 aliphatic rings. The normalized spacial score (nSPS) is 11.0. The Morgan fingerprint density at radius 2 is 1.47 bits per heavy atom. The molecule has 0 amide bonds. The minimum atomic E-state index is -1.77. The monoisotopic (exact) mass is 359 g/mol. The second-order valence-corrected chi connectivity index (χ2v) is 3.83. The molecule has 0 bridgehead atoms. The fourth-order valence-corrected chi connectivity index (χ4v) is 1.70. The van der Waals surface area contributed by atoms with Gasteiger partial charge in [0.25, 0.3) is 0 Å². The maximum absolute atomic E-state index is 13.5. The van der Waals surface area contributed by atoms with Crippen molar-refractivity contribution in [3.8, 4) is 0 Å². The Morgan fingerprint density at radius 1 is 0.941 bits per heavy atom. The highest BCUT2D eigenvalue weighted by atomic mass is 127. The lowest BCUT2D eigenvalue weighted by Gasteiger charge is -2.10. The lowest BCUT2D eigenvalue weighted by molar-refractivity contribution is 0.415. The van der Waals surface area contributed by atoms with Crippen LogP contribution in [0.5, 0.6) is 0 Å². The first-order chi connectivity index (χ1) is 7.45. The SMILES string of the molecule is CC(C)n1ccc2c(F)c(F)c(F)c(F)c21.I. The number of hydrogen-bond donors (Lipinski definition) is 0. The molecule has 94 valence electrons. The summed E-state index contributed by atoms with van der Waals surface area (Å²) in [7, 11) is 0. The van der Waals surface area contributed by atoms with Gasteiger partial charge >= 0.3 is 0 Å². The van der Waals surface area contributed by atoms with Crippen LogP contribution in [0.25, 0.3) is 10.9 Å². The quantitative estimate of drug-likeness (QED) is 0.308. The Labute approximate surface area is 112 Å². The predicted octanol–water partition coefficient (Wildman–Crippen LogP) is 4.40. The van der Waals surface area contributed by atoms with Crippen molar-refractivity contribution in [3.63, 3.8) is 0 Å². The Balaban J connectivity index is 0.00000144. The first kappa shape index (κ1) is 14.3. The standard InChI is InChI=1S/C11H9F4N.HI/c1-5(2)16-4-3-6-7(12)8(13)9(14)10(15)11(6)16;/h3-5H,1-2H3;1H. The number of hydrogen-bond acceptors (Lipinski definition) is 0. The van der Waals surface area contributed by atoms with E-state index in [4.69, 9.17) is 0 Å². The average Bonchev–Trinajstić information content (AvgIpc) is 2.67. The van der Waals surface area contributed by atoms with Crippen LogP contribution in [0, 0.1) is 23.3 Å². The zero-order valence-corrected chi connectivity index (χ0v) is 11.4. The highest BCUT2D eigenvalue weighted by molar-refractivity contribution is 14.0. The van der Waals surface area contributed by atoms with Gasteiger partial charge in [-0.25, -0.2) is 17.6 Å². The van der Waals surface area contributed by atoms with Crippen LogP contribution < -0.4 is 0 Å². The molecule has 6 heteroatoms. The number of benzene rings is 1. The molecule has 0 atom stereocenters. The molecule has 1 heterocycles. The highest BCUT2D eigenvalue weighted by Crippen LogP contribution is 2.29. The van der Waals surface area contributed by atoms with E-state index in [1.54, 1.807) is 13.8 Å². The van der Waals surface area contributed by atoms with E-state index in [1.165, 1.54) is 16.8 Å². The third-order valence-electron chi connectivity index (χ3n) is 2.49. The third kappa shape index (κ3) is 2.02. The lowest BCUT2D eigenvalue weighted by Crippen LogP contribution is -2.04. The van der Waals surface area contributed by atoms with Gasteiger partial charge in [-0.1, -0.05) is 0 Å². The van der Waals surface area contributed by atoms with Crippen molar-refractivity contribution in [1.82, 2.24) is 4.57 Å². The number of halogens is 5. The Bertz CT molecular complexity index is 562. The molecule has 1 aromatic heterocycles. The molecule has 2 rings (SSSR count). The predicted molar refractivity (Wildman–Crippen MR) is 67.6 cm³/mol. The van der Waals surface area contributed by atoms with Gasteiger partial charge in [0.15, 0.2) is 23.3 Å². The van der Waals surface area contributed by atoms with Crippen LogP contribution in [0.4, 0.5) is 17.6 Å². The minimum absolute atomic E-state index is 0. The number of fused-ring (bicyclic) bond motifs is 1. The maximum atomic E-state index is 13.5. The first-order valence-electron chi connectivity index (χ1n) is 4.77. The fraction of sp³-hybridized carbons (Fsp3) is 0.273. The van der Waals surface area contributed by atoms with Gasteiger partial charge in [0.1, 0.15) is 0 Å². The third-order valence-corrected chi connectivity index (χ3v) is 2.49. The average molecular weight is 359 g/mol. The summed E-state index contributed by atoms with van der Waals surface area (Å²) < 4.78 is 54.1. The van der Waals surface area contributed by atoms with Crippen molar-refractivity contribution in [2.75, 3.05) is 0 Å². The van der Waals surface area contributed by atoms with Gasteiger partial charge in [0.05, 0.1) is 5.52 Å². The van der Waals surface area contributed by atoms with Gasteiger partial charge in [-0.15, -0.1) is 24.0 Å². The van der Waals surface area contributed by atoms with E-state index >= 15 is 0 Å². The zero-order chi connectivity index (χ0) is 12.0. The lowest BCUT2D eigenvalue weighted by atomic mass is 10.2. The fourth-order valence-electron chi connectivity index (χ4n) is 1.70. The van der Waals surface area contributed by atoms with Gasteiger partial charge in [-0.2, -0.15) is 0 Å². The van der Waals surface area contributed by atoms with E-state index in [-0.39, 0.29) is 40.9 Å². The van der Waals surface area contributed by atoms with E-state index in [9.17, 15) is 17.6 Å². The summed E-state index contributed by atoms with van der Waals surface area (Å²) in [5.74, 6) is -6.25. The molecule has 17 heavy (non-hydrogen) atoms. The van der Waals surface area contributed by atoms with E-state index in [2.05, 4.69) is 0 Å². The molecular weight excluding hydrogens is 349 g/mol. The summed E-state index contributed by atoms with van der Waals surface area (Å²) in [4.78, 5) is 0. The molecular formula is C11H10F4IN. The molecule has 0 N–H and O–H groups in total. The summed E-state index contributed by atoms with van der Waals surface area (Å²) >= 11 is 0. The van der Waals surface area contributed by atoms with E-state index in [1.807, 2.05) is 0 Å². The van der Waals surface area contributed by atoms with Crippen LogP contribution in [0.2, 0.25) is 0 Å². The van der Waals surface area contributed by atoms with Crippen molar-refractivity contribution in [2.24, 2.45) is 0 Å². The largest absolute Gasteiger partial charge is 0.342 e. The molecule has 2 aromatic rings. The van der Waals surface area contributed by atoms with Gasteiger partial charge in [-0.3, -0.25) is 0 Å². The second-order valence-electron chi connectivity index (χ2n) is 3.83. The van der Waals surface area contributed by atoms with Crippen LogP contribution in [0.15, 0.2) is 12.3 Å². The summed E-state index contributed by atoms with van der Waals surface area (Å²) in [6, 6.07) is 1.06. The minimum Gasteiger partial charge on any atom is -0.342 e.